The molecule has 0 saturated carbocycles. The lowest BCUT2D eigenvalue weighted by Gasteiger charge is -2.37. The zero-order valence-electron chi connectivity index (χ0n) is 26.2. The van der Waals surface area contributed by atoms with E-state index in [4.69, 9.17) is 28.8 Å². The molecule has 0 spiro atoms. The van der Waals surface area contributed by atoms with E-state index in [0.29, 0.717) is 29.9 Å². The highest BCUT2D eigenvalue weighted by Gasteiger charge is 2.45. The summed E-state index contributed by atoms with van der Waals surface area (Å²) < 4.78 is 27.9. The van der Waals surface area contributed by atoms with Crippen LogP contribution in [-0.4, -0.2) is 61.0 Å². The Labute approximate surface area is 270 Å². The number of nitrogens with zero attached hydrogens (tertiary/aromatic N) is 1. The molecule has 2 N–H and O–H groups in total. The van der Waals surface area contributed by atoms with E-state index < -0.39 is 6.10 Å². The first-order chi connectivity index (χ1) is 22.5. The van der Waals surface area contributed by atoms with Gasteiger partial charge in [0.15, 0.2) is 23.0 Å². The molecule has 0 saturated heterocycles. The van der Waals surface area contributed by atoms with Gasteiger partial charge in [0.2, 0.25) is 13.6 Å². The summed E-state index contributed by atoms with van der Waals surface area (Å²) in [5.74, 6) is 13.3. The van der Waals surface area contributed by atoms with Crippen LogP contribution >= 0.6 is 0 Å². The molecule has 0 aliphatic carbocycles. The normalized spacial score (nSPS) is 19.5. The van der Waals surface area contributed by atoms with Gasteiger partial charge in [-0.1, -0.05) is 61.6 Å². The number of hydrogen-bond donors (Lipinski definition) is 2. The number of likely N-dealkylation sites (N-methyl/N-ethyl adjacent to an activating group) is 1. The minimum Gasteiger partial charge on any atom is -0.454 e. The first-order valence-electron chi connectivity index (χ1n) is 15.5. The molecular weight excluding hydrogens is 586 g/mol. The molecule has 1 unspecified atom stereocenters. The third kappa shape index (κ3) is 7.75. The number of rotatable bonds is 8. The number of fused-ring (bicyclic) bond motifs is 5. The molecule has 9 heteroatoms. The first-order valence-corrected chi connectivity index (χ1v) is 15.5. The van der Waals surface area contributed by atoms with Crippen LogP contribution in [0.1, 0.15) is 71.8 Å². The van der Waals surface area contributed by atoms with Crippen LogP contribution in [0.5, 0.6) is 23.0 Å². The predicted octanol–water partition coefficient (Wildman–Crippen LogP) is 5.18. The van der Waals surface area contributed by atoms with Crippen LogP contribution < -0.4 is 18.9 Å². The Morgan fingerprint density at radius 3 is 2.61 bits per heavy atom. The Balaban J connectivity index is 0.000000196. The van der Waals surface area contributed by atoms with Crippen molar-refractivity contribution in [3.8, 4) is 46.7 Å². The topological polar surface area (TPSA) is 107 Å². The van der Waals surface area contributed by atoms with Gasteiger partial charge in [0.1, 0.15) is 11.7 Å². The Morgan fingerprint density at radius 2 is 1.78 bits per heavy atom. The third-order valence-corrected chi connectivity index (χ3v) is 7.88. The minimum absolute atomic E-state index is 0.103. The molecule has 0 radical (unpaired) electrons. The summed E-state index contributed by atoms with van der Waals surface area (Å²) in [4.78, 5) is 14.9. The summed E-state index contributed by atoms with van der Waals surface area (Å²) in [6.45, 7) is 3.45. The summed E-state index contributed by atoms with van der Waals surface area (Å²) in [6.07, 6.45) is 14.1. The first kappa shape index (κ1) is 32.7. The van der Waals surface area contributed by atoms with Gasteiger partial charge in [-0.05, 0) is 73.6 Å². The minimum atomic E-state index is -0.411. The Bertz CT molecular complexity index is 1620. The lowest BCUT2D eigenvalue weighted by atomic mass is 9.86. The number of hydrogen-bond acceptors (Lipinski definition) is 9. The molecule has 0 bridgehead atoms. The summed E-state index contributed by atoms with van der Waals surface area (Å²) in [5.41, 5.74) is 3.63. The fourth-order valence-electron chi connectivity index (χ4n) is 5.63. The zero-order valence-corrected chi connectivity index (χ0v) is 26.2. The van der Waals surface area contributed by atoms with Crippen molar-refractivity contribution in [2.24, 2.45) is 0 Å². The van der Waals surface area contributed by atoms with Gasteiger partial charge < -0.3 is 33.9 Å². The summed E-state index contributed by atoms with van der Waals surface area (Å²) in [6, 6.07) is 7.73. The van der Waals surface area contributed by atoms with Crippen molar-refractivity contribution < 1.29 is 38.7 Å². The van der Waals surface area contributed by atoms with E-state index in [1.165, 1.54) is 5.56 Å². The van der Waals surface area contributed by atoms with Gasteiger partial charge in [-0.15, -0.1) is 0 Å². The van der Waals surface area contributed by atoms with Gasteiger partial charge in [-0.2, -0.15) is 0 Å². The van der Waals surface area contributed by atoms with E-state index in [-0.39, 0.29) is 38.3 Å². The van der Waals surface area contributed by atoms with Gasteiger partial charge in [0.05, 0.1) is 12.1 Å². The Kier molecular flexibility index (Phi) is 11.4. The van der Waals surface area contributed by atoms with Crippen molar-refractivity contribution in [2.45, 2.75) is 57.3 Å². The SMILES string of the molecule is CCCC(O)/C=C/C=C/C=C/C#CC#CCCCO.CN1CCc2cc3c(cc2[C@H]1[C@@H]1OC(=O)c2c1ccc1c2OCO1)OCO3. The van der Waals surface area contributed by atoms with Crippen LogP contribution in [0.25, 0.3) is 0 Å². The molecule has 46 heavy (non-hydrogen) atoms. The summed E-state index contributed by atoms with van der Waals surface area (Å²) in [5, 5.41) is 17.9. The molecule has 9 nitrogen and oxygen atoms in total. The summed E-state index contributed by atoms with van der Waals surface area (Å²) >= 11 is 0. The molecule has 240 valence electrons. The van der Waals surface area contributed by atoms with E-state index >= 15 is 0 Å². The lowest BCUT2D eigenvalue weighted by Crippen LogP contribution is -2.36. The zero-order chi connectivity index (χ0) is 32.3. The maximum atomic E-state index is 12.7. The van der Waals surface area contributed by atoms with Gasteiger partial charge in [0.25, 0.3) is 0 Å². The average Bonchev–Trinajstić information content (AvgIpc) is 3.79. The van der Waals surface area contributed by atoms with Crippen molar-refractivity contribution in [3.63, 3.8) is 0 Å². The highest BCUT2D eigenvalue weighted by Crippen LogP contribution is 2.51. The van der Waals surface area contributed by atoms with Crippen molar-refractivity contribution in [1.29, 1.82) is 0 Å². The maximum absolute atomic E-state index is 12.7. The number of benzene rings is 2. The van der Waals surface area contributed by atoms with Crippen LogP contribution in [0.3, 0.4) is 0 Å². The number of aliphatic hydroxyl groups excluding tert-OH is 2. The van der Waals surface area contributed by atoms with Crippen molar-refractivity contribution in [2.75, 3.05) is 33.8 Å². The fourth-order valence-corrected chi connectivity index (χ4v) is 5.63. The number of unbranched alkanes of at least 4 members (excludes halogenated alkanes) is 1. The predicted molar refractivity (Wildman–Crippen MR) is 173 cm³/mol. The van der Waals surface area contributed by atoms with Crippen LogP contribution in [0.15, 0.2) is 60.7 Å². The smallest absolute Gasteiger partial charge is 0.343 e. The van der Waals surface area contributed by atoms with Crippen LogP contribution in [-0.2, 0) is 11.2 Å². The van der Waals surface area contributed by atoms with Gasteiger partial charge in [-0.3, -0.25) is 4.90 Å². The van der Waals surface area contributed by atoms with Crippen molar-refractivity contribution in [3.05, 3.63) is 83.0 Å². The van der Waals surface area contributed by atoms with Gasteiger partial charge in [0, 0.05) is 25.1 Å². The van der Waals surface area contributed by atoms with Gasteiger partial charge in [-0.25, -0.2) is 4.79 Å². The number of ether oxygens (including phenoxy) is 5. The van der Waals surface area contributed by atoms with Crippen molar-refractivity contribution >= 4 is 5.97 Å². The molecule has 4 aliphatic rings. The monoisotopic (exact) mass is 625 g/mol. The number of allylic oxidation sites excluding steroid dienone is 5. The van der Waals surface area contributed by atoms with Crippen LogP contribution in [0.4, 0.5) is 0 Å². The second kappa shape index (κ2) is 16.1. The highest BCUT2D eigenvalue weighted by molar-refractivity contribution is 5.98. The molecule has 6 rings (SSSR count). The Hall–Kier alpha value is -4.67. The second-order valence-corrected chi connectivity index (χ2v) is 11.1. The number of esters is 1. The van der Waals surface area contributed by atoms with Crippen LogP contribution in [0, 0.1) is 23.7 Å². The quantitative estimate of drug-likeness (QED) is 0.178. The molecule has 4 heterocycles. The number of aliphatic hydroxyl groups is 2. The standard InChI is InChI=1S/C20H17NO6.C17H22O2/c1-21-5-4-10-6-14-15(25-8-24-14)7-12(10)17(21)18-11-2-3-13-19(26-9-23-13)16(11)20(22)27-18;1-2-14-17(19)15-12-10-8-6-4-3-5-7-9-11-13-16-18/h2-3,6-7,17-18H,4-5,8-9H2,1H3;4,6,8,10,12,15,17-19H,2,11,13-14,16H2,1H3/b;6-4+,10-8+,15-12+/t17-,18+;/m0./s1. The lowest BCUT2D eigenvalue weighted by molar-refractivity contribution is 0.00932. The number of carbonyl (C=O) groups is 1. The van der Waals surface area contributed by atoms with Crippen molar-refractivity contribution in [1.82, 2.24) is 4.90 Å². The number of carbonyl (C=O) groups excluding carboxylic acids is 1. The van der Waals surface area contributed by atoms with E-state index in [0.717, 1.165) is 48.4 Å². The molecular formula is C37H39NO8. The van der Waals surface area contributed by atoms with E-state index in [9.17, 15) is 9.90 Å². The van der Waals surface area contributed by atoms with E-state index in [1.54, 1.807) is 12.2 Å². The molecule has 0 fully saturated rings. The molecule has 3 atom stereocenters. The highest BCUT2D eigenvalue weighted by atomic mass is 16.7. The molecule has 0 aromatic heterocycles. The maximum Gasteiger partial charge on any atom is 0.343 e. The largest absolute Gasteiger partial charge is 0.454 e. The molecule has 0 amide bonds. The Morgan fingerprint density at radius 1 is 1.00 bits per heavy atom. The second-order valence-electron chi connectivity index (χ2n) is 11.1. The van der Waals surface area contributed by atoms with Crippen LogP contribution in [0.2, 0.25) is 0 Å². The summed E-state index contributed by atoms with van der Waals surface area (Å²) in [7, 11) is 2.05. The fraction of sp³-hybridized carbons (Fsp3) is 0.378. The molecule has 2 aromatic rings. The third-order valence-electron chi connectivity index (χ3n) is 7.88. The molecule has 2 aromatic carbocycles. The van der Waals surface area contributed by atoms with E-state index in [1.807, 2.05) is 49.4 Å². The molecule has 4 aliphatic heterocycles. The van der Waals surface area contributed by atoms with E-state index in [2.05, 4.69) is 41.7 Å². The number of cyclic esters (lactones) is 1. The average molecular weight is 626 g/mol. The van der Waals surface area contributed by atoms with Gasteiger partial charge >= 0.3 is 5.97 Å².